The van der Waals surface area contributed by atoms with E-state index in [9.17, 15) is 22.0 Å². The molecule has 9 heteroatoms. The summed E-state index contributed by atoms with van der Waals surface area (Å²) in [6.07, 6.45) is 5.32. The molecule has 0 spiro atoms. The highest BCUT2D eigenvalue weighted by atomic mass is 32.2. The Hall–Kier alpha value is -1.58. The summed E-state index contributed by atoms with van der Waals surface area (Å²) in [4.78, 5) is 12.0. The monoisotopic (exact) mass is 427 g/mol. The standard InChI is InChI=1S/C20H27F2N3O3S/c21-17-6-7-19(18(22)10-17)29(27,28)25-8-2-3-14(11-25)9-20(26)23-24-12-15-4-1-5-16(15)13-24/h6-7,10,14-16H,1-5,8-9,11-13H2,(H,23,26). The number of hydrogen-bond donors (Lipinski definition) is 1. The fourth-order valence-corrected chi connectivity index (χ4v) is 6.65. The topological polar surface area (TPSA) is 69.7 Å². The molecule has 6 nitrogen and oxygen atoms in total. The molecular weight excluding hydrogens is 400 g/mol. The van der Waals surface area contributed by atoms with Crippen molar-refractivity contribution in [1.29, 1.82) is 0 Å². The number of sulfonamides is 1. The van der Waals surface area contributed by atoms with Gasteiger partial charge >= 0.3 is 0 Å². The normalized spacial score (nSPS) is 28.4. The Morgan fingerprint density at radius 2 is 1.79 bits per heavy atom. The van der Waals surface area contributed by atoms with E-state index in [1.807, 2.05) is 5.01 Å². The van der Waals surface area contributed by atoms with Crippen LogP contribution >= 0.6 is 0 Å². The second kappa shape index (κ2) is 8.28. The van der Waals surface area contributed by atoms with Crippen LogP contribution in [0.4, 0.5) is 8.78 Å². The number of carbonyl (C=O) groups excluding carboxylic acids is 1. The minimum atomic E-state index is -4.06. The molecule has 4 rings (SSSR count). The van der Waals surface area contributed by atoms with Crippen LogP contribution in [0.1, 0.15) is 38.5 Å². The molecular formula is C20H27F2N3O3S. The van der Waals surface area contributed by atoms with Crippen molar-refractivity contribution in [3.05, 3.63) is 29.8 Å². The molecule has 3 aliphatic rings. The Kier molecular flexibility index (Phi) is 5.90. The molecule has 2 saturated heterocycles. The highest BCUT2D eigenvalue weighted by Crippen LogP contribution is 2.37. The number of amides is 1. The lowest BCUT2D eigenvalue weighted by Gasteiger charge is -2.32. The van der Waals surface area contributed by atoms with Gasteiger partial charge in [-0.1, -0.05) is 6.42 Å². The summed E-state index contributed by atoms with van der Waals surface area (Å²) in [5.74, 6) is -0.774. The summed E-state index contributed by atoms with van der Waals surface area (Å²) in [5.41, 5.74) is 2.98. The highest BCUT2D eigenvalue weighted by Gasteiger charge is 2.37. The first-order valence-electron chi connectivity index (χ1n) is 10.3. The number of fused-ring (bicyclic) bond motifs is 1. The van der Waals surface area contributed by atoms with Crippen LogP contribution in [0.2, 0.25) is 0 Å². The molecule has 3 atom stereocenters. The molecule has 0 radical (unpaired) electrons. The van der Waals surface area contributed by atoms with Crippen LogP contribution in [-0.2, 0) is 14.8 Å². The van der Waals surface area contributed by atoms with Gasteiger partial charge in [0.1, 0.15) is 16.5 Å². The Bertz CT molecular complexity index is 868. The number of hydrogen-bond acceptors (Lipinski definition) is 4. The van der Waals surface area contributed by atoms with E-state index in [1.54, 1.807) is 0 Å². The lowest BCUT2D eigenvalue weighted by Crippen LogP contribution is -2.44. The molecule has 1 aromatic rings. The van der Waals surface area contributed by atoms with Gasteiger partial charge in [-0.15, -0.1) is 0 Å². The predicted octanol–water partition coefficient (Wildman–Crippen LogP) is 2.52. The second-order valence-corrected chi connectivity index (χ2v) is 10.4. The largest absolute Gasteiger partial charge is 0.289 e. The Morgan fingerprint density at radius 3 is 2.48 bits per heavy atom. The fraction of sp³-hybridized carbons (Fsp3) is 0.650. The molecule has 29 heavy (non-hydrogen) atoms. The van der Waals surface area contributed by atoms with Gasteiger partial charge in [-0.2, -0.15) is 4.31 Å². The molecule has 3 unspecified atom stereocenters. The molecule has 2 aliphatic heterocycles. The molecule has 160 valence electrons. The van der Waals surface area contributed by atoms with E-state index in [0.717, 1.165) is 31.6 Å². The van der Waals surface area contributed by atoms with Crippen molar-refractivity contribution >= 4 is 15.9 Å². The van der Waals surface area contributed by atoms with Crippen LogP contribution in [-0.4, -0.2) is 49.8 Å². The van der Waals surface area contributed by atoms with Gasteiger partial charge < -0.3 is 0 Å². The van der Waals surface area contributed by atoms with Crippen molar-refractivity contribution in [3.63, 3.8) is 0 Å². The van der Waals surface area contributed by atoms with E-state index < -0.39 is 26.6 Å². The summed E-state index contributed by atoms with van der Waals surface area (Å²) in [6, 6.07) is 2.48. The third-order valence-electron chi connectivity index (χ3n) is 6.48. The smallest absolute Gasteiger partial charge is 0.245 e. The number of benzene rings is 1. The van der Waals surface area contributed by atoms with Crippen molar-refractivity contribution in [2.24, 2.45) is 17.8 Å². The first kappa shape index (κ1) is 20.7. The van der Waals surface area contributed by atoms with Crippen LogP contribution < -0.4 is 5.43 Å². The van der Waals surface area contributed by atoms with Gasteiger partial charge in [0.15, 0.2) is 0 Å². The molecule has 1 aromatic carbocycles. The zero-order valence-electron chi connectivity index (χ0n) is 16.3. The Morgan fingerprint density at radius 1 is 1.07 bits per heavy atom. The SMILES string of the molecule is O=C(CC1CCCN(S(=O)(=O)c2ccc(F)cc2F)C1)NN1CC2CCCC2C1. The summed E-state index contributed by atoms with van der Waals surface area (Å²) in [5, 5.41) is 2.00. The number of nitrogens with one attached hydrogen (secondary N) is 1. The number of carbonyl (C=O) groups is 1. The average Bonchev–Trinajstić information content (AvgIpc) is 3.23. The first-order chi connectivity index (χ1) is 13.8. The fourth-order valence-electron chi connectivity index (χ4n) is 5.05. The summed E-state index contributed by atoms with van der Waals surface area (Å²) < 4.78 is 54.0. The highest BCUT2D eigenvalue weighted by molar-refractivity contribution is 7.89. The van der Waals surface area contributed by atoms with Crippen LogP contribution in [0.5, 0.6) is 0 Å². The minimum Gasteiger partial charge on any atom is -0.289 e. The number of hydrazine groups is 1. The predicted molar refractivity (Wildman–Crippen MR) is 103 cm³/mol. The van der Waals surface area contributed by atoms with Crippen LogP contribution in [0.3, 0.4) is 0 Å². The van der Waals surface area contributed by atoms with Crippen LogP contribution in [0, 0.1) is 29.4 Å². The number of piperidine rings is 1. The Labute approximate surface area is 170 Å². The Balaban J connectivity index is 1.35. The van der Waals surface area contributed by atoms with Crippen molar-refractivity contribution in [2.45, 2.75) is 43.4 Å². The van der Waals surface area contributed by atoms with Gasteiger partial charge in [-0.05, 0) is 55.6 Å². The second-order valence-electron chi connectivity index (χ2n) is 8.54. The molecule has 0 bridgehead atoms. The summed E-state index contributed by atoms with van der Waals surface area (Å²) in [7, 11) is -4.06. The number of nitrogens with zero attached hydrogens (tertiary/aromatic N) is 2. The molecule has 1 amide bonds. The molecule has 3 fully saturated rings. The quantitative estimate of drug-likeness (QED) is 0.784. The molecule has 1 N–H and O–H groups in total. The van der Waals surface area contributed by atoms with Gasteiger partial charge in [0, 0.05) is 38.7 Å². The van der Waals surface area contributed by atoms with Crippen molar-refractivity contribution in [1.82, 2.24) is 14.7 Å². The van der Waals surface area contributed by atoms with Gasteiger partial charge in [-0.25, -0.2) is 22.2 Å². The van der Waals surface area contributed by atoms with Gasteiger partial charge in [0.25, 0.3) is 0 Å². The third kappa shape index (κ3) is 4.46. The van der Waals surface area contributed by atoms with Gasteiger partial charge in [-0.3, -0.25) is 10.2 Å². The lowest BCUT2D eigenvalue weighted by atomic mass is 9.96. The van der Waals surface area contributed by atoms with E-state index in [-0.39, 0.29) is 31.3 Å². The molecule has 0 aromatic heterocycles. The zero-order valence-corrected chi connectivity index (χ0v) is 17.1. The van der Waals surface area contributed by atoms with Gasteiger partial charge in [0.2, 0.25) is 15.9 Å². The molecule has 2 heterocycles. The van der Waals surface area contributed by atoms with E-state index >= 15 is 0 Å². The maximum absolute atomic E-state index is 14.0. The van der Waals surface area contributed by atoms with Crippen LogP contribution in [0.15, 0.2) is 23.1 Å². The molecule has 1 saturated carbocycles. The molecule has 1 aliphatic carbocycles. The maximum atomic E-state index is 14.0. The van der Waals surface area contributed by atoms with E-state index in [0.29, 0.717) is 24.3 Å². The van der Waals surface area contributed by atoms with E-state index in [2.05, 4.69) is 5.43 Å². The number of halogens is 2. The van der Waals surface area contributed by atoms with E-state index in [1.165, 1.54) is 23.6 Å². The average molecular weight is 428 g/mol. The minimum absolute atomic E-state index is 0.0952. The van der Waals surface area contributed by atoms with Crippen molar-refractivity contribution in [2.75, 3.05) is 26.2 Å². The first-order valence-corrected chi connectivity index (χ1v) is 11.8. The number of rotatable bonds is 5. The van der Waals surface area contributed by atoms with Gasteiger partial charge in [0.05, 0.1) is 0 Å². The van der Waals surface area contributed by atoms with Crippen LogP contribution in [0.25, 0.3) is 0 Å². The lowest BCUT2D eigenvalue weighted by molar-refractivity contribution is -0.126. The third-order valence-corrected chi connectivity index (χ3v) is 8.38. The summed E-state index contributed by atoms with van der Waals surface area (Å²) >= 11 is 0. The van der Waals surface area contributed by atoms with E-state index in [4.69, 9.17) is 0 Å². The van der Waals surface area contributed by atoms with Crippen molar-refractivity contribution in [3.8, 4) is 0 Å². The zero-order chi connectivity index (χ0) is 20.6. The maximum Gasteiger partial charge on any atom is 0.245 e. The summed E-state index contributed by atoms with van der Waals surface area (Å²) in [6.45, 7) is 2.22. The van der Waals surface area contributed by atoms with Crippen molar-refractivity contribution < 1.29 is 22.0 Å².